The third-order valence-corrected chi connectivity index (χ3v) is 3.83. The Hall–Kier alpha value is -0.980. The molecule has 1 aliphatic heterocycles. The SMILES string of the molecule is CC(C)CC(NC(=O)[C@@H](NC(C)N)C(C)C)C(=O)[C@@]1(C)CO1. The number of nitrogens with two attached hydrogens (primary N) is 1. The van der Waals surface area contributed by atoms with E-state index in [1.165, 1.54) is 0 Å². The molecular weight excluding hydrogens is 282 g/mol. The second-order valence-electron chi connectivity index (χ2n) is 7.25. The number of epoxide rings is 1. The number of carbonyl (C=O) groups excluding carboxylic acids is 2. The lowest BCUT2D eigenvalue weighted by Gasteiger charge is -2.27. The highest BCUT2D eigenvalue weighted by Crippen LogP contribution is 2.29. The maximum Gasteiger partial charge on any atom is 0.238 e. The monoisotopic (exact) mass is 313 g/mol. The molecular formula is C16H31N3O3. The minimum Gasteiger partial charge on any atom is -0.361 e. The maximum absolute atomic E-state index is 12.5. The van der Waals surface area contributed by atoms with Crippen molar-refractivity contribution in [3.63, 3.8) is 0 Å². The molecule has 4 atom stereocenters. The average Bonchev–Trinajstić information content (AvgIpc) is 3.12. The van der Waals surface area contributed by atoms with E-state index in [-0.39, 0.29) is 23.8 Å². The largest absolute Gasteiger partial charge is 0.361 e. The quantitative estimate of drug-likeness (QED) is 0.432. The van der Waals surface area contributed by atoms with Crippen LogP contribution in [0.25, 0.3) is 0 Å². The molecule has 2 unspecified atom stereocenters. The molecule has 0 aromatic rings. The Morgan fingerprint density at radius 3 is 2.14 bits per heavy atom. The maximum atomic E-state index is 12.5. The molecule has 6 heteroatoms. The molecule has 22 heavy (non-hydrogen) atoms. The molecule has 1 heterocycles. The predicted octanol–water partition coefficient (Wildman–Crippen LogP) is 0.794. The first-order valence-corrected chi connectivity index (χ1v) is 8.07. The molecule has 0 radical (unpaired) electrons. The number of ether oxygens (including phenoxy) is 1. The number of ketones is 1. The molecule has 1 amide bonds. The lowest BCUT2D eigenvalue weighted by Crippen LogP contribution is -2.57. The molecule has 1 fully saturated rings. The van der Waals surface area contributed by atoms with Gasteiger partial charge in [0.25, 0.3) is 0 Å². The van der Waals surface area contributed by atoms with Crippen LogP contribution < -0.4 is 16.4 Å². The minimum atomic E-state index is -0.727. The summed E-state index contributed by atoms with van der Waals surface area (Å²) in [5.41, 5.74) is 5.01. The average molecular weight is 313 g/mol. The van der Waals surface area contributed by atoms with Crippen LogP contribution in [0.1, 0.15) is 48.0 Å². The van der Waals surface area contributed by atoms with Crippen molar-refractivity contribution in [2.45, 2.75) is 71.8 Å². The Balaban J connectivity index is 2.78. The Labute approximate surface area is 133 Å². The summed E-state index contributed by atoms with van der Waals surface area (Å²) in [4.78, 5) is 25.1. The summed E-state index contributed by atoms with van der Waals surface area (Å²) in [6.07, 6.45) is 0.314. The third-order valence-electron chi connectivity index (χ3n) is 3.83. The molecule has 0 saturated carbocycles. The van der Waals surface area contributed by atoms with Crippen molar-refractivity contribution in [2.75, 3.05) is 6.61 Å². The summed E-state index contributed by atoms with van der Waals surface area (Å²) in [5.74, 6) is 0.150. The van der Waals surface area contributed by atoms with Gasteiger partial charge < -0.3 is 15.8 Å². The molecule has 0 aromatic heterocycles. The number of amides is 1. The van der Waals surface area contributed by atoms with Gasteiger partial charge in [0, 0.05) is 0 Å². The second-order valence-corrected chi connectivity index (χ2v) is 7.25. The molecule has 1 aliphatic rings. The predicted molar refractivity (Wildman–Crippen MR) is 86.2 cm³/mol. The van der Waals surface area contributed by atoms with E-state index in [1.807, 2.05) is 27.7 Å². The molecule has 0 bridgehead atoms. The van der Waals surface area contributed by atoms with Gasteiger partial charge in [-0.15, -0.1) is 0 Å². The van der Waals surface area contributed by atoms with Gasteiger partial charge in [0.1, 0.15) is 5.60 Å². The zero-order chi connectivity index (χ0) is 17.1. The van der Waals surface area contributed by atoms with E-state index in [0.717, 1.165) is 0 Å². The van der Waals surface area contributed by atoms with Crippen LogP contribution in [0.5, 0.6) is 0 Å². The fraction of sp³-hybridized carbons (Fsp3) is 0.875. The van der Waals surface area contributed by atoms with Gasteiger partial charge in [-0.2, -0.15) is 0 Å². The summed E-state index contributed by atoms with van der Waals surface area (Å²) in [6, 6.07) is -0.938. The van der Waals surface area contributed by atoms with Crippen molar-refractivity contribution in [3.8, 4) is 0 Å². The number of hydrogen-bond acceptors (Lipinski definition) is 5. The highest BCUT2D eigenvalue weighted by molar-refractivity contribution is 5.97. The summed E-state index contributed by atoms with van der Waals surface area (Å²) in [6.45, 7) is 12.0. The Morgan fingerprint density at radius 1 is 1.23 bits per heavy atom. The first-order valence-electron chi connectivity index (χ1n) is 8.07. The molecule has 1 saturated heterocycles. The van der Waals surface area contributed by atoms with E-state index in [9.17, 15) is 9.59 Å². The highest BCUT2D eigenvalue weighted by atomic mass is 16.6. The van der Waals surface area contributed by atoms with E-state index in [2.05, 4.69) is 10.6 Å². The lowest BCUT2D eigenvalue weighted by atomic mass is 9.92. The molecule has 128 valence electrons. The minimum absolute atomic E-state index is 0.0437. The lowest BCUT2D eigenvalue weighted by molar-refractivity contribution is -0.132. The van der Waals surface area contributed by atoms with Crippen LogP contribution in [0.3, 0.4) is 0 Å². The zero-order valence-corrected chi connectivity index (χ0v) is 14.6. The van der Waals surface area contributed by atoms with E-state index in [1.54, 1.807) is 13.8 Å². The van der Waals surface area contributed by atoms with E-state index in [0.29, 0.717) is 18.9 Å². The summed E-state index contributed by atoms with van der Waals surface area (Å²) in [7, 11) is 0. The van der Waals surface area contributed by atoms with Crippen molar-refractivity contribution in [3.05, 3.63) is 0 Å². The Kier molecular flexibility index (Phi) is 6.52. The molecule has 6 nitrogen and oxygen atoms in total. The van der Waals surface area contributed by atoms with Crippen molar-refractivity contribution >= 4 is 11.7 Å². The Morgan fingerprint density at radius 2 is 1.77 bits per heavy atom. The molecule has 1 rings (SSSR count). The van der Waals surface area contributed by atoms with Crippen LogP contribution in [0.2, 0.25) is 0 Å². The van der Waals surface area contributed by atoms with Gasteiger partial charge in [-0.1, -0.05) is 27.7 Å². The molecule has 0 aliphatic carbocycles. The summed E-state index contributed by atoms with van der Waals surface area (Å²) in [5, 5.41) is 5.95. The van der Waals surface area contributed by atoms with Crippen molar-refractivity contribution < 1.29 is 14.3 Å². The number of Topliss-reactive ketones (excluding diaryl/α,β-unsaturated/α-hetero) is 1. The summed E-state index contributed by atoms with van der Waals surface area (Å²) < 4.78 is 5.24. The van der Waals surface area contributed by atoms with E-state index < -0.39 is 17.7 Å². The van der Waals surface area contributed by atoms with Crippen LogP contribution in [-0.2, 0) is 14.3 Å². The van der Waals surface area contributed by atoms with E-state index in [4.69, 9.17) is 10.5 Å². The molecule has 0 spiro atoms. The van der Waals surface area contributed by atoms with Crippen molar-refractivity contribution in [2.24, 2.45) is 17.6 Å². The van der Waals surface area contributed by atoms with Crippen LogP contribution in [0.4, 0.5) is 0 Å². The van der Waals surface area contributed by atoms with Gasteiger partial charge in [-0.3, -0.25) is 14.9 Å². The van der Waals surface area contributed by atoms with Crippen LogP contribution in [-0.4, -0.2) is 42.1 Å². The van der Waals surface area contributed by atoms with Gasteiger partial charge in [0.15, 0.2) is 5.78 Å². The van der Waals surface area contributed by atoms with Crippen molar-refractivity contribution in [1.82, 2.24) is 10.6 Å². The van der Waals surface area contributed by atoms with Crippen LogP contribution in [0, 0.1) is 11.8 Å². The van der Waals surface area contributed by atoms with Gasteiger partial charge >= 0.3 is 0 Å². The summed E-state index contributed by atoms with van der Waals surface area (Å²) >= 11 is 0. The first kappa shape index (κ1) is 19.1. The normalized spacial score (nSPS) is 25.0. The second kappa shape index (κ2) is 7.53. The molecule has 0 aromatic carbocycles. The Bertz CT molecular complexity index is 403. The molecule has 4 N–H and O–H groups in total. The number of rotatable bonds is 9. The number of hydrogen-bond donors (Lipinski definition) is 3. The van der Waals surface area contributed by atoms with Gasteiger partial charge in [-0.25, -0.2) is 0 Å². The van der Waals surface area contributed by atoms with Gasteiger partial charge in [0.05, 0.1) is 24.9 Å². The standard InChI is InChI=1S/C16H31N3O3/c1-9(2)7-12(14(20)16(6)8-22-16)19-15(21)13(10(3)4)18-11(5)17/h9-13,18H,7-8,17H2,1-6H3,(H,19,21)/t11?,12?,13-,16+/m0/s1. The smallest absolute Gasteiger partial charge is 0.238 e. The number of nitrogens with one attached hydrogen (secondary N) is 2. The van der Waals surface area contributed by atoms with Gasteiger partial charge in [-0.05, 0) is 32.1 Å². The van der Waals surface area contributed by atoms with E-state index >= 15 is 0 Å². The first-order chi connectivity index (χ1) is 10.1. The zero-order valence-electron chi connectivity index (χ0n) is 14.6. The fourth-order valence-electron chi connectivity index (χ4n) is 2.44. The van der Waals surface area contributed by atoms with Crippen LogP contribution in [0.15, 0.2) is 0 Å². The number of carbonyl (C=O) groups is 2. The van der Waals surface area contributed by atoms with Crippen molar-refractivity contribution in [1.29, 1.82) is 0 Å². The van der Waals surface area contributed by atoms with Gasteiger partial charge in [0.2, 0.25) is 5.91 Å². The fourth-order valence-corrected chi connectivity index (χ4v) is 2.44. The highest BCUT2D eigenvalue weighted by Gasteiger charge is 2.50. The van der Waals surface area contributed by atoms with Crippen LogP contribution >= 0.6 is 0 Å². The topological polar surface area (TPSA) is 96.8 Å². The third kappa shape index (κ3) is 5.34.